The summed E-state index contributed by atoms with van der Waals surface area (Å²) in [4.78, 5) is 16.7. The molecule has 0 aliphatic rings. The lowest BCUT2D eigenvalue weighted by molar-refractivity contribution is -0.120. The summed E-state index contributed by atoms with van der Waals surface area (Å²) >= 11 is 1.61. The first kappa shape index (κ1) is 12.1. The fourth-order valence-corrected chi connectivity index (χ4v) is 2.49. The van der Waals surface area contributed by atoms with E-state index in [1.807, 2.05) is 25.4 Å². The predicted molar refractivity (Wildman–Crippen MR) is 68.2 cm³/mol. The van der Waals surface area contributed by atoms with Gasteiger partial charge in [0.15, 0.2) is 4.96 Å². The molecule has 2 aromatic heterocycles. The number of thiazole rings is 1. The molecule has 0 unspecified atom stereocenters. The van der Waals surface area contributed by atoms with Gasteiger partial charge in [0.2, 0.25) is 5.91 Å². The fourth-order valence-electron chi connectivity index (χ4n) is 1.71. The van der Waals surface area contributed by atoms with Gasteiger partial charge in [-0.2, -0.15) is 0 Å². The summed E-state index contributed by atoms with van der Waals surface area (Å²) in [7, 11) is 0. The molecule has 0 saturated carbocycles. The van der Waals surface area contributed by atoms with Crippen LogP contribution in [0.15, 0.2) is 11.6 Å². The number of nitrogens with zero attached hydrogens (tertiary/aromatic N) is 2. The maximum absolute atomic E-state index is 11.3. The monoisotopic (exact) mass is 252 g/mol. The van der Waals surface area contributed by atoms with Gasteiger partial charge in [0.25, 0.3) is 0 Å². The topological polar surface area (TPSA) is 58.4 Å². The van der Waals surface area contributed by atoms with Crippen LogP contribution in [-0.4, -0.2) is 28.4 Å². The van der Waals surface area contributed by atoms with Crippen LogP contribution in [0.5, 0.6) is 0 Å². The molecular formula is C11H16N4OS. The normalized spacial score (nSPS) is 10.9. The molecule has 0 spiro atoms. The largest absolute Gasteiger partial charge is 0.355 e. The quantitative estimate of drug-likeness (QED) is 0.832. The van der Waals surface area contributed by atoms with E-state index in [0.717, 1.165) is 16.3 Å². The molecule has 0 aliphatic carbocycles. The van der Waals surface area contributed by atoms with E-state index in [2.05, 4.69) is 20.0 Å². The van der Waals surface area contributed by atoms with E-state index < -0.39 is 0 Å². The Labute approximate surface area is 104 Å². The minimum absolute atomic E-state index is 0.0243. The minimum atomic E-state index is 0.0243. The van der Waals surface area contributed by atoms with E-state index in [9.17, 15) is 4.79 Å². The Hall–Kier alpha value is -1.40. The average molecular weight is 252 g/mol. The van der Waals surface area contributed by atoms with E-state index >= 15 is 0 Å². The molecule has 0 aromatic carbocycles. The number of imidazole rings is 1. The van der Waals surface area contributed by atoms with Crippen molar-refractivity contribution in [3.8, 4) is 0 Å². The number of carbonyl (C=O) groups is 1. The predicted octanol–water partition coefficient (Wildman–Crippen LogP) is 0.930. The molecule has 2 N–H and O–H groups in total. The molecular weight excluding hydrogens is 236 g/mol. The number of likely N-dealkylation sites (N-methyl/N-ethyl adjacent to an activating group) is 1. The Morgan fingerprint density at radius 3 is 3.18 bits per heavy atom. The molecule has 5 nitrogen and oxygen atoms in total. The van der Waals surface area contributed by atoms with Crippen LogP contribution in [0.4, 0.5) is 0 Å². The Morgan fingerprint density at radius 1 is 1.59 bits per heavy atom. The fraction of sp³-hybridized carbons (Fsp3) is 0.455. The second kappa shape index (κ2) is 5.29. The van der Waals surface area contributed by atoms with Gasteiger partial charge in [0, 0.05) is 24.7 Å². The molecule has 0 bridgehead atoms. The lowest BCUT2D eigenvalue weighted by atomic mass is 10.3. The highest BCUT2D eigenvalue weighted by molar-refractivity contribution is 7.15. The Bertz CT molecular complexity index is 516. The summed E-state index contributed by atoms with van der Waals surface area (Å²) in [5.41, 5.74) is 2.13. The number of aryl methyl sites for hydroxylation is 1. The number of rotatable bonds is 5. The van der Waals surface area contributed by atoms with Gasteiger partial charge in [-0.3, -0.25) is 9.20 Å². The highest BCUT2D eigenvalue weighted by atomic mass is 32.1. The van der Waals surface area contributed by atoms with Gasteiger partial charge in [-0.15, -0.1) is 11.3 Å². The van der Waals surface area contributed by atoms with Crippen LogP contribution in [0, 0.1) is 6.92 Å². The summed E-state index contributed by atoms with van der Waals surface area (Å²) in [5.74, 6) is 0.0243. The molecule has 0 aliphatic heterocycles. The minimum Gasteiger partial charge on any atom is -0.355 e. The number of fused-ring (bicyclic) bond motifs is 1. The molecule has 0 atom stereocenters. The lowest BCUT2D eigenvalue weighted by Gasteiger charge is -2.05. The molecule has 6 heteroatoms. The van der Waals surface area contributed by atoms with Crippen LogP contribution in [-0.2, 0) is 11.3 Å². The summed E-state index contributed by atoms with van der Waals surface area (Å²) in [6.45, 7) is 5.56. The van der Waals surface area contributed by atoms with Crippen LogP contribution in [0.2, 0.25) is 0 Å². The second-order valence-electron chi connectivity index (χ2n) is 3.76. The van der Waals surface area contributed by atoms with Crippen molar-refractivity contribution in [2.24, 2.45) is 0 Å². The third-order valence-corrected chi connectivity index (χ3v) is 3.27. The van der Waals surface area contributed by atoms with Gasteiger partial charge in [-0.1, -0.05) is 0 Å². The average Bonchev–Trinajstić information content (AvgIpc) is 2.82. The first-order chi connectivity index (χ1) is 8.22. The van der Waals surface area contributed by atoms with Gasteiger partial charge in [0.1, 0.15) is 0 Å². The SMILES string of the molecule is CCNC(=O)CNCc1c(C)nc2sccn12. The summed E-state index contributed by atoms with van der Waals surface area (Å²) in [6.07, 6.45) is 2.00. The van der Waals surface area contributed by atoms with Crippen LogP contribution in [0.3, 0.4) is 0 Å². The first-order valence-electron chi connectivity index (χ1n) is 5.60. The van der Waals surface area contributed by atoms with Crippen LogP contribution in [0.1, 0.15) is 18.3 Å². The summed E-state index contributed by atoms with van der Waals surface area (Å²) in [5, 5.41) is 7.89. The van der Waals surface area contributed by atoms with Gasteiger partial charge in [-0.05, 0) is 13.8 Å². The van der Waals surface area contributed by atoms with Gasteiger partial charge >= 0.3 is 0 Å². The van der Waals surface area contributed by atoms with Crippen molar-refractivity contribution in [1.82, 2.24) is 20.0 Å². The number of nitrogens with one attached hydrogen (secondary N) is 2. The molecule has 0 radical (unpaired) electrons. The molecule has 2 heterocycles. The van der Waals surface area contributed by atoms with E-state index in [-0.39, 0.29) is 5.91 Å². The van der Waals surface area contributed by atoms with Crippen molar-refractivity contribution >= 4 is 22.2 Å². The molecule has 0 fully saturated rings. The van der Waals surface area contributed by atoms with E-state index in [0.29, 0.717) is 19.6 Å². The van der Waals surface area contributed by atoms with Crippen molar-refractivity contribution in [2.75, 3.05) is 13.1 Å². The number of hydrogen-bond acceptors (Lipinski definition) is 4. The standard InChI is InChI=1S/C11H16N4OS/c1-3-13-10(16)7-12-6-9-8(2)14-11-15(9)4-5-17-11/h4-5,12H,3,6-7H2,1-2H3,(H,13,16). The van der Waals surface area contributed by atoms with Gasteiger partial charge in [0.05, 0.1) is 17.9 Å². The zero-order valence-corrected chi connectivity index (χ0v) is 10.8. The maximum Gasteiger partial charge on any atom is 0.233 e. The highest BCUT2D eigenvalue weighted by Crippen LogP contribution is 2.16. The number of aromatic nitrogens is 2. The van der Waals surface area contributed by atoms with Crippen LogP contribution < -0.4 is 10.6 Å². The van der Waals surface area contributed by atoms with E-state index in [1.54, 1.807) is 11.3 Å². The van der Waals surface area contributed by atoms with Crippen molar-refractivity contribution in [1.29, 1.82) is 0 Å². The van der Waals surface area contributed by atoms with Crippen LogP contribution in [0.25, 0.3) is 4.96 Å². The molecule has 92 valence electrons. The smallest absolute Gasteiger partial charge is 0.233 e. The summed E-state index contributed by atoms with van der Waals surface area (Å²) in [6, 6.07) is 0. The van der Waals surface area contributed by atoms with Crippen molar-refractivity contribution in [3.05, 3.63) is 23.0 Å². The molecule has 1 amide bonds. The second-order valence-corrected chi connectivity index (χ2v) is 4.63. The van der Waals surface area contributed by atoms with Crippen LogP contribution >= 0.6 is 11.3 Å². The molecule has 2 rings (SSSR count). The zero-order valence-electron chi connectivity index (χ0n) is 9.99. The third kappa shape index (κ3) is 2.65. The Kier molecular flexibility index (Phi) is 3.75. The number of amides is 1. The summed E-state index contributed by atoms with van der Waals surface area (Å²) < 4.78 is 2.06. The van der Waals surface area contributed by atoms with Gasteiger partial charge in [-0.25, -0.2) is 4.98 Å². The highest BCUT2D eigenvalue weighted by Gasteiger charge is 2.09. The lowest BCUT2D eigenvalue weighted by Crippen LogP contribution is -2.33. The Balaban J connectivity index is 1.96. The third-order valence-electron chi connectivity index (χ3n) is 2.51. The molecule has 17 heavy (non-hydrogen) atoms. The maximum atomic E-state index is 11.3. The van der Waals surface area contributed by atoms with Crippen molar-refractivity contribution in [2.45, 2.75) is 20.4 Å². The zero-order chi connectivity index (χ0) is 12.3. The molecule has 2 aromatic rings. The van der Waals surface area contributed by atoms with Gasteiger partial charge < -0.3 is 10.6 Å². The van der Waals surface area contributed by atoms with E-state index in [4.69, 9.17) is 0 Å². The van der Waals surface area contributed by atoms with Crippen molar-refractivity contribution < 1.29 is 4.79 Å². The molecule has 0 saturated heterocycles. The number of carbonyl (C=O) groups excluding carboxylic acids is 1. The van der Waals surface area contributed by atoms with Crippen molar-refractivity contribution in [3.63, 3.8) is 0 Å². The Morgan fingerprint density at radius 2 is 2.41 bits per heavy atom. The first-order valence-corrected chi connectivity index (χ1v) is 6.48. The number of hydrogen-bond donors (Lipinski definition) is 2. The van der Waals surface area contributed by atoms with E-state index in [1.165, 1.54) is 0 Å².